The highest BCUT2D eigenvalue weighted by molar-refractivity contribution is 5.65. The number of nitrogens with zero attached hydrogens (tertiary/aromatic N) is 1. The van der Waals surface area contributed by atoms with Crippen LogP contribution in [0.15, 0.2) is 18.2 Å². The number of halogens is 1. The van der Waals surface area contributed by atoms with Gasteiger partial charge in [-0.3, -0.25) is 0 Å². The Morgan fingerprint density at radius 3 is 2.89 bits per heavy atom. The number of hydrogen-bond donors (Lipinski definition) is 2. The van der Waals surface area contributed by atoms with Crippen LogP contribution in [-0.4, -0.2) is 29.3 Å². The number of carbonyl (C=O) groups is 1. The molecular formula is C14H19FN2O2. The summed E-state index contributed by atoms with van der Waals surface area (Å²) in [5.74, 6) is -0.229. The molecule has 0 radical (unpaired) electrons. The molecule has 0 aromatic heterocycles. The van der Waals surface area contributed by atoms with E-state index in [2.05, 4.69) is 24.1 Å². The van der Waals surface area contributed by atoms with Crippen molar-refractivity contribution in [2.45, 2.75) is 38.8 Å². The van der Waals surface area contributed by atoms with Gasteiger partial charge in [0.15, 0.2) is 0 Å². The molecule has 0 spiro atoms. The average molecular weight is 266 g/mol. The summed E-state index contributed by atoms with van der Waals surface area (Å²) in [4.78, 5) is 12.8. The maximum atomic E-state index is 13.3. The van der Waals surface area contributed by atoms with Crippen molar-refractivity contribution in [1.29, 1.82) is 0 Å². The lowest BCUT2D eigenvalue weighted by molar-refractivity contribution is 0.190. The largest absolute Gasteiger partial charge is 0.465 e. The first-order valence-electron chi connectivity index (χ1n) is 6.35. The van der Waals surface area contributed by atoms with Gasteiger partial charge in [-0.2, -0.15) is 0 Å². The molecule has 1 aromatic carbocycles. The lowest BCUT2D eigenvalue weighted by Crippen LogP contribution is -2.49. The van der Waals surface area contributed by atoms with Crippen molar-refractivity contribution in [2.24, 2.45) is 0 Å². The molecule has 1 aliphatic rings. The van der Waals surface area contributed by atoms with Gasteiger partial charge < -0.3 is 15.3 Å². The molecule has 1 unspecified atom stereocenters. The van der Waals surface area contributed by atoms with Gasteiger partial charge in [-0.05, 0) is 51.0 Å². The summed E-state index contributed by atoms with van der Waals surface area (Å²) in [6.07, 6.45) is -0.260. The van der Waals surface area contributed by atoms with E-state index < -0.39 is 6.09 Å². The Labute approximate surface area is 112 Å². The number of amides is 1. The number of carboxylic acid groups (broad SMARTS) is 1. The molecule has 0 saturated carbocycles. The summed E-state index contributed by atoms with van der Waals surface area (Å²) < 4.78 is 13.3. The van der Waals surface area contributed by atoms with Crippen molar-refractivity contribution in [3.8, 4) is 0 Å². The zero-order chi connectivity index (χ0) is 14.2. The van der Waals surface area contributed by atoms with Crippen LogP contribution in [-0.2, 0) is 6.42 Å². The summed E-state index contributed by atoms with van der Waals surface area (Å²) in [7, 11) is 0. The van der Waals surface area contributed by atoms with Crippen LogP contribution in [0.3, 0.4) is 0 Å². The molecular weight excluding hydrogens is 247 g/mol. The van der Waals surface area contributed by atoms with E-state index in [-0.39, 0.29) is 17.4 Å². The topological polar surface area (TPSA) is 52.6 Å². The number of rotatable bonds is 3. The van der Waals surface area contributed by atoms with Crippen LogP contribution in [0.2, 0.25) is 0 Å². The van der Waals surface area contributed by atoms with E-state index in [0.717, 1.165) is 17.7 Å². The molecule has 4 nitrogen and oxygen atoms in total. The molecule has 0 aliphatic carbocycles. The second-order valence-corrected chi connectivity index (χ2v) is 5.72. The highest BCUT2D eigenvalue weighted by Crippen LogP contribution is 2.38. The van der Waals surface area contributed by atoms with Gasteiger partial charge in [0.05, 0.1) is 0 Å². The number of fused-ring (bicyclic) bond motifs is 1. The summed E-state index contributed by atoms with van der Waals surface area (Å²) >= 11 is 0. The third-order valence-corrected chi connectivity index (χ3v) is 3.51. The molecule has 1 atom stereocenters. The van der Waals surface area contributed by atoms with E-state index in [1.165, 1.54) is 6.07 Å². The fraction of sp³-hybridized carbons (Fsp3) is 0.500. The van der Waals surface area contributed by atoms with E-state index in [4.69, 9.17) is 5.11 Å². The molecule has 1 aliphatic heterocycles. The molecule has 0 fully saturated rings. The lowest BCUT2D eigenvalue weighted by Gasteiger charge is -2.36. The molecule has 2 N–H and O–H groups in total. The number of anilines is 1. The molecule has 2 rings (SSSR count). The van der Waals surface area contributed by atoms with E-state index >= 15 is 0 Å². The van der Waals surface area contributed by atoms with Gasteiger partial charge in [-0.15, -0.1) is 0 Å². The van der Waals surface area contributed by atoms with Gasteiger partial charge in [-0.1, -0.05) is 0 Å². The SMILES string of the molecule is CC(CN1c2ccc(F)cc2CC1(C)C)NC(=O)O. The number of hydrogen-bond acceptors (Lipinski definition) is 2. The third-order valence-electron chi connectivity index (χ3n) is 3.51. The highest BCUT2D eigenvalue weighted by atomic mass is 19.1. The molecule has 1 aromatic rings. The minimum absolute atomic E-state index is 0.134. The van der Waals surface area contributed by atoms with Gasteiger partial charge in [0.25, 0.3) is 0 Å². The first kappa shape index (κ1) is 13.6. The Hall–Kier alpha value is -1.78. The van der Waals surface area contributed by atoms with Crippen LogP contribution in [0.4, 0.5) is 14.9 Å². The lowest BCUT2D eigenvalue weighted by atomic mass is 9.99. The molecule has 5 heteroatoms. The van der Waals surface area contributed by atoms with Crippen LogP contribution in [0.5, 0.6) is 0 Å². The van der Waals surface area contributed by atoms with Crippen molar-refractivity contribution in [3.63, 3.8) is 0 Å². The summed E-state index contributed by atoms with van der Waals surface area (Å²) in [6, 6.07) is 4.59. The predicted octanol–water partition coefficient (Wildman–Crippen LogP) is 2.62. The van der Waals surface area contributed by atoms with Gasteiger partial charge in [0.2, 0.25) is 0 Å². The van der Waals surface area contributed by atoms with Crippen LogP contribution >= 0.6 is 0 Å². The van der Waals surface area contributed by atoms with Crippen molar-refractivity contribution < 1.29 is 14.3 Å². The van der Waals surface area contributed by atoms with Crippen LogP contribution in [0, 0.1) is 5.82 Å². The Bertz CT molecular complexity index is 502. The van der Waals surface area contributed by atoms with E-state index in [1.54, 1.807) is 12.1 Å². The van der Waals surface area contributed by atoms with Crippen LogP contribution in [0.25, 0.3) is 0 Å². The number of nitrogens with one attached hydrogen (secondary N) is 1. The van der Waals surface area contributed by atoms with E-state index in [9.17, 15) is 9.18 Å². The van der Waals surface area contributed by atoms with Gasteiger partial charge in [0.1, 0.15) is 5.82 Å². The molecule has 104 valence electrons. The first-order chi connectivity index (χ1) is 8.79. The molecule has 0 bridgehead atoms. The summed E-state index contributed by atoms with van der Waals surface area (Å²) in [5, 5.41) is 11.2. The van der Waals surface area contributed by atoms with Gasteiger partial charge >= 0.3 is 6.09 Å². The molecule has 1 amide bonds. The molecule has 0 saturated heterocycles. The Morgan fingerprint density at radius 1 is 1.58 bits per heavy atom. The Morgan fingerprint density at radius 2 is 2.26 bits per heavy atom. The number of benzene rings is 1. The molecule has 19 heavy (non-hydrogen) atoms. The van der Waals surface area contributed by atoms with E-state index in [1.807, 2.05) is 6.92 Å². The minimum atomic E-state index is -1.02. The first-order valence-corrected chi connectivity index (χ1v) is 6.35. The van der Waals surface area contributed by atoms with Crippen molar-refractivity contribution in [3.05, 3.63) is 29.6 Å². The maximum absolute atomic E-state index is 13.3. The minimum Gasteiger partial charge on any atom is -0.465 e. The second-order valence-electron chi connectivity index (χ2n) is 5.72. The van der Waals surface area contributed by atoms with Crippen molar-refractivity contribution in [1.82, 2.24) is 5.32 Å². The maximum Gasteiger partial charge on any atom is 0.404 e. The zero-order valence-corrected chi connectivity index (χ0v) is 11.4. The summed E-state index contributed by atoms with van der Waals surface area (Å²) in [5.41, 5.74) is 1.84. The molecule has 1 heterocycles. The highest BCUT2D eigenvalue weighted by Gasteiger charge is 2.36. The third kappa shape index (κ3) is 2.80. The zero-order valence-electron chi connectivity index (χ0n) is 11.4. The van der Waals surface area contributed by atoms with Crippen LogP contribution in [0.1, 0.15) is 26.3 Å². The monoisotopic (exact) mass is 266 g/mol. The smallest absolute Gasteiger partial charge is 0.404 e. The predicted molar refractivity (Wildman–Crippen MR) is 72.2 cm³/mol. The standard InChI is InChI=1S/C14H19FN2O2/c1-9(16-13(18)19)8-17-12-5-4-11(15)6-10(12)7-14(17,2)3/h4-6,9,16H,7-8H2,1-3H3,(H,18,19). The van der Waals surface area contributed by atoms with Gasteiger partial charge in [0, 0.05) is 23.8 Å². The fourth-order valence-corrected chi connectivity index (χ4v) is 2.72. The average Bonchev–Trinajstić information content (AvgIpc) is 2.48. The Kier molecular flexibility index (Phi) is 3.39. The van der Waals surface area contributed by atoms with Crippen molar-refractivity contribution >= 4 is 11.8 Å². The van der Waals surface area contributed by atoms with E-state index in [0.29, 0.717) is 6.54 Å². The summed E-state index contributed by atoms with van der Waals surface area (Å²) in [6.45, 7) is 6.56. The normalized spacial score (nSPS) is 18.0. The van der Waals surface area contributed by atoms with Gasteiger partial charge in [-0.25, -0.2) is 9.18 Å². The Balaban J connectivity index is 2.22. The fourth-order valence-electron chi connectivity index (χ4n) is 2.72. The van der Waals surface area contributed by atoms with Crippen LogP contribution < -0.4 is 10.2 Å². The van der Waals surface area contributed by atoms with Crippen molar-refractivity contribution in [2.75, 3.05) is 11.4 Å². The quantitative estimate of drug-likeness (QED) is 0.884. The second kappa shape index (κ2) is 4.72.